The van der Waals surface area contributed by atoms with E-state index in [-0.39, 0.29) is 29.9 Å². The van der Waals surface area contributed by atoms with Crippen molar-refractivity contribution < 1.29 is 13.2 Å². The van der Waals surface area contributed by atoms with Crippen LogP contribution in [0.4, 0.5) is 0 Å². The van der Waals surface area contributed by atoms with Gasteiger partial charge < -0.3 is 5.32 Å². The topological polar surface area (TPSA) is 66.5 Å². The highest BCUT2D eigenvalue weighted by atomic mass is 79.9. The lowest BCUT2D eigenvalue weighted by atomic mass is 10.1. The number of nitrogens with one attached hydrogen (secondary N) is 1. The number of benzene rings is 3. The van der Waals surface area contributed by atoms with Crippen molar-refractivity contribution in [2.75, 3.05) is 6.54 Å². The van der Waals surface area contributed by atoms with E-state index in [9.17, 15) is 13.2 Å². The fourth-order valence-corrected chi connectivity index (χ4v) is 4.94. The molecule has 5 nitrogen and oxygen atoms in total. The third-order valence-corrected chi connectivity index (χ3v) is 7.58. The van der Waals surface area contributed by atoms with Crippen LogP contribution in [0.1, 0.15) is 29.7 Å². The van der Waals surface area contributed by atoms with Gasteiger partial charge in [0.25, 0.3) is 0 Å². The smallest absolute Gasteiger partial charge is 0.243 e. The van der Waals surface area contributed by atoms with Crippen LogP contribution >= 0.6 is 27.5 Å². The molecule has 0 saturated carbocycles. The highest BCUT2D eigenvalue weighted by molar-refractivity contribution is 9.10. The summed E-state index contributed by atoms with van der Waals surface area (Å²) in [6.07, 6.45) is 0. The molecule has 32 heavy (non-hydrogen) atoms. The summed E-state index contributed by atoms with van der Waals surface area (Å²) in [5.74, 6) is -0.384. The van der Waals surface area contributed by atoms with Crippen molar-refractivity contribution in [2.24, 2.45) is 0 Å². The number of sulfonamides is 1. The number of nitrogens with zero attached hydrogens (tertiary/aromatic N) is 1. The molecule has 3 aromatic rings. The van der Waals surface area contributed by atoms with Crippen LogP contribution in [0.25, 0.3) is 0 Å². The van der Waals surface area contributed by atoms with Gasteiger partial charge in [0.15, 0.2) is 0 Å². The fraction of sp³-hybridized carbons (Fsp3) is 0.208. The maximum Gasteiger partial charge on any atom is 0.243 e. The third kappa shape index (κ3) is 6.42. The second-order valence-electron chi connectivity index (χ2n) is 7.55. The Labute approximate surface area is 202 Å². The second-order valence-corrected chi connectivity index (χ2v) is 10.8. The van der Waals surface area contributed by atoms with E-state index in [1.54, 1.807) is 48.5 Å². The quantitative estimate of drug-likeness (QED) is 0.415. The molecule has 0 spiro atoms. The number of hydrogen-bond acceptors (Lipinski definition) is 3. The van der Waals surface area contributed by atoms with E-state index in [1.807, 2.05) is 38.1 Å². The first-order chi connectivity index (χ1) is 15.1. The number of hydrogen-bond donors (Lipinski definition) is 1. The molecular weight excluding hydrogens is 512 g/mol. The molecule has 0 unspecified atom stereocenters. The Morgan fingerprint density at radius 1 is 1.00 bits per heavy atom. The van der Waals surface area contributed by atoms with Gasteiger partial charge in [-0.3, -0.25) is 4.79 Å². The van der Waals surface area contributed by atoms with Crippen LogP contribution < -0.4 is 5.32 Å². The highest BCUT2D eigenvalue weighted by Crippen LogP contribution is 2.21. The van der Waals surface area contributed by atoms with Gasteiger partial charge in [0, 0.05) is 16.0 Å². The number of carbonyl (C=O) groups excluding carboxylic acids is 1. The van der Waals surface area contributed by atoms with Crippen molar-refractivity contribution in [3.05, 3.63) is 99.0 Å². The minimum absolute atomic E-state index is 0.0491. The van der Waals surface area contributed by atoms with Gasteiger partial charge in [0.1, 0.15) is 0 Å². The molecule has 168 valence electrons. The van der Waals surface area contributed by atoms with Crippen molar-refractivity contribution >= 4 is 43.5 Å². The number of carbonyl (C=O) groups is 1. The number of amides is 1. The molecule has 0 aliphatic heterocycles. The van der Waals surface area contributed by atoms with Crippen LogP contribution in [0.2, 0.25) is 5.02 Å². The molecule has 0 aliphatic carbocycles. The van der Waals surface area contributed by atoms with Gasteiger partial charge in [-0.15, -0.1) is 0 Å². The second kappa shape index (κ2) is 10.6. The van der Waals surface area contributed by atoms with Gasteiger partial charge in [0.05, 0.1) is 17.5 Å². The Balaban J connectivity index is 1.82. The summed E-state index contributed by atoms with van der Waals surface area (Å²) in [5, 5.41) is 3.45. The molecule has 1 amide bonds. The van der Waals surface area contributed by atoms with Gasteiger partial charge in [-0.05, 0) is 61.4 Å². The normalized spacial score (nSPS) is 12.5. The molecule has 3 aromatic carbocycles. The predicted octanol–water partition coefficient (Wildman–Crippen LogP) is 5.48. The average Bonchev–Trinajstić information content (AvgIpc) is 2.75. The van der Waals surface area contributed by atoms with Gasteiger partial charge in [-0.25, -0.2) is 8.42 Å². The number of halogens is 2. The Kier molecular flexibility index (Phi) is 8.11. The number of aryl methyl sites for hydroxylation is 1. The van der Waals surface area contributed by atoms with E-state index in [2.05, 4.69) is 21.2 Å². The molecule has 8 heteroatoms. The molecular formula is C24H24BrClN2O3S. The lowest BCUT2D eigenvalue weighted by Crippen LogP contribution is -2.41. The summed E-state index contributed by atoms with van der Waals surface area (Å²) < 4.78 is 28.8. The van der Waals surface area contributed by atoms with Crippen LogP contribution in [0.3, 0.4) is 0 Å². The minimum atomic E-state index is -3.89. The van der Waals surface area contributed by atoms with Crippen LogP contribution in [0.5, 0.6) is 0 Å². The summed E-state index contributed by atoms with van der Waals surface area (Å²) in [6.45, 7) is 3.49. The van der Waals surface area contributed by atoms with Crippen molar-refractivity contribution in [3.63, 3.8) is 0 Å². The summed E-state index contributed by atoms with van der Waals surface area (Å²) >= 11 is 9.35. The van der Waals surface area contributed by atoms with Crippen molar-refractivity contribution in [1.82, 2.24) is 9.62 Å². The molecule has 1 atom stereocenters. The molecule has 0 bridgehead atoms. The molecule has 0 radical (unpaired) electrons. The van der Waals surface area contributed by atoms with Crippen molar-refractivity contribution in [2.45, 2.75) is 31.3 Å². The summed E-state index contributed by atoms with van der Waals surface area (Å²) in [4.78, 5) is 13.0. The molecule has 0 aromatic heterocycles. The van der Waals surface area contributed by atoms with Crippen molar-refractivity contribution in [3.8, 4) is 0 Å². The highest BCUT2D eigenvalue weighted by Gasteiger charge is 2.27. The van der Waals surface area contributed by atoms with E-state index in [0.717, 1.165) is 21.2 Å². The summed E-state index contributed by atoms with van der Waals surface area (Å²) in [6, 6.07) is 20.8. The summed E-state index contributed by atoms with van der Waals surface area (Å²) in [5.41, 5.74) is 2.61. The molecule has 3 rings (SSSR count). The maximum absolute atomic E-state index is 13.4. The Morgan fingerprint density at radius 2 is 1.59 bits per heavy atom. The van der Waals surface area contributed by atoms with E-state index >= 15 is 0 Å². The van der Waals surface area contributed by atoms with Crippen LogP contribution in [-0.2, 0) is 21.4 Å². The average molecular weight is 536 g/mol. The standard InChI is InChI=1S/C24H24BrClN2O3S/c1-17-3-13-23(14-4-17)32(30,31)28(15-19-5-11-22(26)12-6-19)16-24(29)27-18(2)20-7-9-21(25)10-8-20/h3-14,18H,15-16H2,1-2H3,(H,27,29)/t18-/m0/s1. The zero-order valence-corrected chi connectivity index (χ0v) is 20.9. The number of rotatable bonds is 8. The zero-order chi connectivity index (χ0) is 23.3. The molecule has 0 aliphatic rings. The molecule has 0 fully saturated rings. The fourth-order valence-electron chi connectivity index (χ4n) is 3.16. The van der Waals surface area contributed by atoms with E-state index in [4.69, 9.17) is 11.6 Å². The lowest BCUT2D eigenvalue weighted by molar-refractivity contribution is -0.122. The summed E-state index contributed by atoms with van der Waals surface area (Å²) in [7, 11) is -3.89. The first kappa shape index (κ1) is 24.5. The molecule has 1 N–H and O–H groups in total. The third-order valence-electron chi connectivity index (χ3n) is 5.00. The van der Waals surface area contributed by atoms with Crippen LogP contribution in [0, 0.1) is 6.92 Å². The lowest BCUT2D eigenvalue weighted by Gasteiger charge is -2.23. The van der Waals surface area contributed by atoms with Gasteiger partial charge >= 0.3 is 0 Å². The van der Waals surface area contributed by atoms with Gasteiger partial charge in [-0.1, -0.05) is 69.5 Å². The van der Waals surface area contributed by atoms with Crippen LogP contribution in [-0.4, -0.2) is 25.2 Å². The van der Waals surface area contributed by atoms with E-state index in [0.29, 0.717) is 5.02 Å². The first-order valence-corrected chi connectivity index (χ1v) is 12.6. The SMILES string of the molecule is Cc1ccc(S(=O)(=O)N(CC(=O)N[C@@H](C)c2ccc(Br)cc2)Cc2ccc(Cl)cc2)cc1. The minimum Gasteiger partial charge on any atom is -0.348 e. The Bertz CT molecular complexity index is 1170. The molecule has 0 saturated heterocycles. The van der Waals surface area contributed by atoms with Gasteiger partial charge in [0.2, 0.25) is 15.9 Å². The largest absolute Gasteiger partial charge is 0.348 e. The van der Waals surface area contributed by atoms with Crippen LogP contribution in [0.15, 0.2) is 82.2 Å². The Morgan fingerprint density at radius 3 is 2.19 bits per heavy atom. The monoisotopic (exact) mass is 534 g/mol. The van der Waals surface area contributed by atoms with E-state index in [1.165, 1.54) is 4.31 Å². The first-order valence-electron chi connectivity index (χ1n) is 10.0. The van der Waals surface area contributed by atoms with Gasteiger partial charge in [-0.2, -0.15) is 4.31 Å². The van der Waals surface area contributed by atoms with Crippen molar-refractivity contribution in [1.29, 1.82) is 0 Å². The zero-order valence-electron chi connectivity index (χ0n) is 17.8. The van der Waals surface area contributed by atoms with E-state index < -0.39 is 10.0 Å². The maximum atomic E-state index is 13.4. The molecule has 0 heterocycles. The predicted molar refractivity (Wildman–Crippen MR) is 131 cm³/mol. The Hall–Kier alpha value is -2.19.